The zero-order valence-corrected chi connectivity index (χ0v) is 12.9. The van der Waals surface area contributed by atoms with Crippen LogP contribution in [0.2, 0.25) is 5.15 Å². The van der Waals surface area contributed by atoms with Crippen LogP contribution in [0.5, 0.6) is 0 Å². The number of pyridine rings is 1. The highest BCUT2D eigenvalue weighted by Crippen LogP contribution is 2.31. The van der Waals surface area contributed by atoms with Crippen LogP contribution >= 0.6 is 11.6 Å². The zero-order chi connectivity index (χ0) is 18.4. The summed E-state index contributed by atoms with van der Waals surface area (Å²) in [5.41, 5.74) is -0.536. The third-order valence-electron chi connectivity index (χ3n) is 3.45. The molecule has 0 aliphatic carbocycles. The van der Waals surface area contributed by atoms with E-state index in [4.69, 9.17) is 11.6 Å². The molecule has 1 aliphatic rings. The molecule has 3 heterocycles. The first kappa shape index (κ1) is 17.2. The summed E-state index contributed by atoms with van der Waals surface area (Å²) < 4.78 is 52.2. The number of aromatic nitrogens is 2. The molecule has 0 spiro atoms. The first-order valence-corrected chi connectivity index (χ1v) is 7.20. The predicted octanol–water partition coefficient (Wildman–Crippen LogP) is 2.15. The molecule has 0 aromatic carbocycles. The highest BCUT2D eigenvalue weighted by Gasteiger charge is 2.43. The minimum Gasteiger partial charge on any atom is -0.352 e. The molecule has 11 heteroatoms. The molecule has 1 aliphatic heterocycles. The number of carbonyl (C=O) groups excluding carboxylic acids is 2. The number of rotatable bonds is 2. The molecule has 3 rings (SSSR count). The SMILES string of the molecule is O=C1NCCc2c1cc(-c1cc(Cl)ncc1F)n2OC(=O)C(F)(F)F. The van der Waals surface area contributed by atoms with Crippen LogP contribution in [0.1, 0.15) is 16.1 Å². The molecule has 132 valence electrons. The van der Waals surface area contributed by atoms with Gasteiger partial charge in [-0.2, -0.15) is 17.9 Å². The monoisotopic (exact) mass is 377 g/mol. The van der Waals surface area contributed by atoms with Crippen LogP contribution in [-0.2, 0) is 11.2 Å². The summed E-state index contributed by atoms with van der Waals surface area (Å²) in [4.78, 5) is 31.0. The smallest absolute Gasteiger partial charge is 0.352 e. The molecular weight excluding hydrogens is 370 g/mol. The van der Waals surface area contributed by atoms with Crippen LogP contribution in [0.3, 0.4) is 0 Å². The van der Waals surface area contributed by atoms with Crippen molar-refractivity contribution in [3.63, 3.8) is 0 Å². The quantitative estimate of drug-likeness (QED) is 0.643. The maximum Gasteiger partial charge on any atom is 0.493 e. The number of nitrogens with zero attached hydrogens (tertiary/aromatic N) is 2. The van der Waals surface area contributed by atoms with Crippen molar-refractivity contribution in [1.29, 1.82) is 0 Å². The largest absolute Gasteiger partial charge is 0.493 e. The highest BCUT2D eigenvalue weighted by atomic mass is 35.5. The molecule has 25 heavy (non-hydrogen) atoms. The Kier molecular flexibility index (Phi) is 4.15. The number of alkyl halides is 3. The maximum atomic E-state index is 14.1. The number of fused-ring (bicyclic) bond motifs is 1. The summed E-state index contributed by atoms with van der Waals surface area (Å²) in [6, 6.07) is 2.18. The van der Waals surface area contributed by atoms with E-state index < -0.39 is 23.9 Å². The van der Waals surface area contributed by atoms with Gasteiger partial charge in [-0.25, -0.2) is 14.2 Å². The molecule has 0 bridgehead atoms. The molecule has 1 amide bonds. The van der Waals surface area contributed by atoms with Gasteiger partial charge in [0.2, 0.25) is 0 Å². The number of carbonyl (C=O) groups is 2. The molecule has 0 saturated carbocycles. The van der Waals surface area contributed by atoms with Crippen LogP contribution in [0, 0.1) is 5.82 Å². The first-order valence-electron chi connectivity index (χ1n) is 6.82. The molecule has 0 saturated heterocycles. The third kappa shape index (κ3) is 3.16. The Morgan fingerprint density at radius 3 is 2.72 bits per heavy atom. The molecule has 2 aromatic heterocycles. The van der Waals surface area contributed by atoms with E-state index in [1.807, 2.05) is 0 Å². The Labute approximate surface area is 142 Å². The number of hydrogen-bond donors (Lipinski definition) is 1. The van der Waals surface area contributed by atoms with Crippen LogP contribution in [0.4, 0.5) is 17.6 Å². The van der Waals surface area contributed by atoms with Gasteiger partial charge in [0, 0.05) is 18.5 Å². The Morgan fingerprint density at radius 2 is 2.04 bits per heavy atom. The van der Waals surface area contributed by atoms with Crippen molar-refractivity contribution < 1.29 is 32.0 Å². The van der Waals surface area contributed by atoms with Gasteiger partial charge in [-0.15, -0.1) is 0 Å². The average molecular weight is 378 g/mol. The van der Waals surface area contributed by atoms with E-state index in [0.717, 1.165) is 18.3 Å². The Morgan fingerprint density at radius 1 is 1.32 bits per heavy atom. The van der Waals surface area contributed by atoms with E-state index in [1.165, 1.54) is 0 Å². The molecule has 0 atom stereocenters. The minimum atomic E-state index is -5.26. The van der Waals surface area contributed by atoms with E-state index in [9.17, 15) is 27.2 Å². The fourth-order valence-electron chi connectivity index (χ4n) is 2.39. The summed E-state index contributed by atoms with van der Waals surface area (Å²) in [6.07, 6.45) is -4.41. The standard InChI is InChI=1S/C14H8ClF4N3O3/c15-11-4-6(8(16)5-21-11)10-3-7-9(1-2-20-12(7)23)22(10)25-13(24)14(17,18)19/h3-5H,1-2H2,(H,20,23). The van der Waals surface area contributed by atoms with Crippen molar-refractivity contribution in [2.24, 2.45) is 0 Å². The molecular formula is C14H8ClF4N3O3. The Hall–Kier alpha value is -2.62. The van der Waals surface area contributed by atoms with Crippen LogP contribution < -0.4 is 10.2 Å². The number of nitrogens with one attached hydrogen (secondary N) is 1. The van der Waals surface area contributed by atoms with Crippen molar-refractivity contribution in [2.45, 2.75) is 12.6 Å². The zero-order valence-electron chi connectivity index (χ0n) is 12.2. The molecule has 0 unspecified atom stereocenters. The first-order chi connectivity index (χ1) is 11.7. The van der Waals surface area contributed by atoms with E-state index in [2.05, 4.69) is 15.1 Å². The van der Waals surface area contributed by atoms with Gasteiger partial charge in [0.05, 0.1) is 23.1 Å². The molecule has 1 N–H and O–H groups in total. The van der Waals surface area contributed by atoms with Gasteiger partial charge < -0.3 is 10.2 Å². The summed E-state index contributed by atoms with van der Waals surface area (Å²) in [5.74, 6) is -3.99. The summed E-state index contributed by atoms with van der Waals surface area (Å²) in [7, 11) is 0. The topological polar surface area (TPSA) is 73.2 Å². The van der Waals surface area contributed by atoms with Gasteiger partial charge in [-0.05, 0) is 12.1 Å². The van der Waals surface area contributed by atoms with E-state index in [0.29, 0.717) is 4.73 Å². The second kappa shape index (κ2) is 6.03. The third-order valence-corrected chi connectivity index (χ3v) is 3.66. The Bertz CT molecular complexity index is 879. The highest BCUT2D eigenvalue weighted by molar-refractivity contribution is 6.29. The normalized spacial score (nSPS) is 14.0. The van der Waals surface area contributed by atoms with Crippen molar-refractivity contribution in [3.8, 4) is 11.3 Å². The van der Waals surface area contributed by atoms with Gasteiger partial charge in [-0.1, -0.05) is 11.6 Å². The van der Waals surface area contributed by atoms with E-state index >= 15 is 0 Å². The average Bonchev–Trinajstić information content (AvgIpc) is 2.89. The van der Waals surface area contributed by atoms with Crippen molar-refractivity contribution in [3.05, 3.63) is 40.6 Å². The van der Waals surface area contributed by atoms with Crippen molar-refractivity contribution in [1.82, 2.24) is 15.0 Å². The van der Waals surface area contributed by atoms with E-state index in [1.54, 1.807) is 0 Å². The number of amides is 1. The second-order valence-corrected chi connectivity index (χ2v) is 5.44. The lowest BCUT2D eigenvalue weighted by atomic mass is 10.1. The fourth-order valence-corrected chi connectivity index (χ4v) is 2.55. The lowest BCUT2D eigenvalue weighted by Gasteiger charge is -2.17. The van der Waals surface area contributed by atoms with E-state index in [-0.39, 0.29) is 40.6 Å². The van der Waals surface area contributed by atoms with Gasteiger partial charge in [0.1, 0.15) is 5.15 Å². The maximum absolute atomic E-state index is 14.1. The van der Waals surface area contributed by atoms with Crippen LogP contribution in [-0.4, -0.2) is 34.3 Å². The van der Waals surface area contributed by atoms with Gasteiger partial charge >= 0.3 is 12.1 Å². The van der Waals surface area contributed by atoms with Crippen LogP contribution in [0.15, 0.2) is 18.3 Å². The van der Waals surface area contributed by atoms with Crippen molar-refractivity contribution in [2.75, 3.05) is 6.54 Å². The molecule has 2 aromatic rings. The predicted molar refractivity (Wildman–Crippen MR) is 76.3 cm³/mol. The second-order valence-electron chi connectivity index (χ2n) is 5.05. The lowest BCUT2D eigenvalue weighted by molar-refractivity contribution is -0.199. The number of hydrogen-bond acceptors (Lipinski definition) is 4. The van der Waals surface area contributed by atoms with Gasteiger partial charge in [0.25, 0.3) is 5.91 Å². The molecule has 0 radical (unpaired) electrons. The van der Waals surface area contributed by atoms with Gasteiger partial charge in [-0.3, -0.25) is 4.79 Å². The minimum absolute atomic E-state index is 0.0173. The Balaban J connectivity index is 2.19. The summed E-state index contributed by atoms with van der Waals surface area (Å²) in [6.45, 7) is 0.123. The van der Waals surface area contributed by atoms with Gasteiger partial charge in [0.15, 0.2) is 5.82 Å². The summed E-state index contributed by atoms with van der Waals surface area (Å²) in [5, 5.41) is 2.36. The molecule has 0 fully saturated rings. The fraction of sp³-hybridized carbons (Fsp3) is 0.214. The van der Waals surface area contributed by atoms with Crippen LogP contribution in [0.25, 0.3) is 11.3 Å². The number of halogens is 5. The lowest BCUT2D eigenvalue weighted by Crippen LogP contribution is -2.37. The molecule has 6 nitrogen and oxygen atoms in total. The summed E-state index contributed by atoms with van der Waals surface area (Å²) >= 11 is 5.70. The van der Waals surface area contributed by atoms with Crippen molar-refractivity contribution >= 4 is 23.5 Å².